The lowest BCUT2D eigenvalue weighted by Crippen LogP contribution is -2.41. The topological polar surface area (TPSA) is 209 Å². The molecule has 4 amide bonds. The van der Waals surface area contributed by atoms with Crippen LogP contribution in [0.3, 0.4) is 0 Å². The number of urea groups is 1. The fourth-order valence-corrected chi connectivity index (χ4v) is 4.82. The molecule has 0 saturated carbocycles. The minimum atomic E-state index is -1.17. The number of amides is 4. The summed E-state index contributed by atoms with van der Waals surface area (Å²) in [6.07, 6.45) is 16.1. The Labute approximate surface area is 286 Å². The molecule has 0 radical (unpaired) electrons. The normalized spacial score (nSPS) is 11.4. The molecule has 0 spiro atoms. The molecule has 278 valence electrons. The lowest BCUT2D eigenvalue weighted by atomic mass is 10.0. The number of nitrogens with one attached hydrogen (secondary N) is 4. The zero-order chi connectivity index (χ0) is 35.7. The number of unbranched alkanes of at least 4 members (excludes halogenated alkanes) is 13. The number of hydrogen-bond acceptors (Lipinski definition) is 8. The summed E-state index contributed by atoms with van der Waals surface area (Å²) in [5.74, 6) is -2.59. The van der Waals surface area contributed by atoms with Gasteiger partial charge in [0.1, 0.15) is 12.6 Å². The number of aliphatic carboxylic acids is 2. The van der Waals surface area contributed by atoms with E-state index in [1.54, 1.807) is 0 Å². The van der Waals surface area contributed by atoms with Crippen LogP contribution in [0.1, 0.15) is 129 Å². The summed E-state index contributed by atoms with van der Waals surface area (Å²) in [7, 11) is 0. The van der Waals surface area contributed by atoms with Crippen LogP contribution in [0.25, 0.3) is 0 Å². The van der Waals surface area contributed by atoms with Gasteiger partial charge in [0.15, 0.2) is 5.78 Å². The Morgan fingerprint density at radius 1 is 0.542 bits per heavy atom. The van der Waals surface area contributed by atoms with Crippen molar-refractivity contribution in [2.24, 2.45) is 0 Å². The summed E-state index contributed by atoms with van der Waals surface area (Å²) in [6.45, 7) is 3.37. The predicted octanol–water partition coefficient (Wildman–Crippen LogP) is 4.09. The Bertz CT molecular complexity index is 903. The number of ether oxygens (including phenoxy) is 2. The molecule has 0 aliphatic heterocycles. The van der Waals surface area contributed by atoms with Crippen LogP contribution in [0.4, 0.5) is 4.79 Å². The molecule has 6 N–H and O–H groups in total. The molecule has 0 rings (SSSR count). The summed E-state index contributed by atoms with van der Waals surface area (Å²) >= 11 is 0. The highest BCUT2D eigenvalue weighted by molar-refractivity contribution is 5.84. The van der Waals surface area contributed by atoms with Gasteiger partial charge in [-0.25, -0.2) is 9.59 Å². The Morgan fingerprint density at radius 2 is 1.04 bits per heavy atom. The molecule has 0 saturated heterocycles. The van der Waals surface area contributed by atoms with Gasteiger partial charge in [-0.3, -0.25) is 19.2 Å². The molecular weight excluding hydrogens is 624 g/mol. The molecule has 14 heteroatoms. The van der Waals surface area contributed by atoms with Crippen molar-refractivity contribution in [2.75, 3.05) is 46.1 Å². The van der Waals surface area contributed by atoms with Crippen LogP contribution >= 0.6 is 0 Å². The van der Waals surface area contributed by atoms with E-state index < -0.39 is 18.0 Å². The molecule has 0 aromatic carbocycles. The number of Topliss-reactive ketones (excluding diaryl/α,β-unsaturated/α-hetero) is 1. The van der Waals surface area contributed by atoms with Gasteiger partial charge >= 0.3 is 18.0 Å². The van der Waals surface area contributed by atoms with Crippen LogP contribution in [0, 0.1) is 0 Å². The number of hydrogen-bond donors (Lipinski definition) is 6. The van der Waals surface area contributed by atoms with Crippen LogP contribution in [0.15, 0.2) is 0 Å². The second-order valence-corrected chi connectivity index (χ2v) is 12.1. The average Bonchev–Trinajstić information content (AvgIpc) is 3.03. The second kappa shape index (κ2) is 32.3. The van der Waals surface area contributed by atoms with Gasteiger partial charge in [-0.2, -0.15) is 0 Å². The first-order valence-electron chi connectivity index (χ1n) is 17.8. The van der Waals surface area contributed by atoms with Gasteiger partial charge in [0.05, 0.1) is 19.8 Å². The second-order valence-electron chi connectivity index (χ2n) is 12.1. The third kappa shape index (κ3) is 32.7. The van der Waals surface area contributed by atoms with Gasteiger partial charge in [-0.05, 0) is 32.6 Å². The minimum Gasteiger partial charge on any atom is -0.481 e. The lowest BCUT2D eigenvalue weighted by molar-refractivity contribution is -0.142. The van der Waals surface area contributed by atoms with Crippen molar-refractivity contribution in [2.45, 2.75) is 135 Å². The SMILES string of the molecule is CC(=O)COCCOCCNC(=O)NCCCNC(=O)CC[C@H](NC(=O)CCCCCCCCCCCCCCCCC(=O)O)C(=O)O. The Morgan fingerprint density at radius 3 is 1.58 bits per heavy atom. The number of carboxylic acids is 2. The molecule has 0 aromatic rings. The maximum absolute atomic E-state index is 12.3. The summed E-state index contributed by atoms with van der Waals surface area (Å²) in [5, 5.41) is 28.6. The van der Waals surface area contributed by atoms with Crippen molar-refractivity contribution in [1.82, 2.24) is 21.3 Å². The number of carbonyl (C=O) groups is 6. The highest BCUT2D eigenvalue weighted by Gasteiger charge is 2.20. The van der Waals surface area contributed by atoms with Crippen molar-refractivity contribution < 1.29 is 48.5 Å². The van der Waals surface area contributed by atoms with Crippen molar-refractivity contribution in [3.8, 4) is 0 Å². The van der Waals surface area contributed by atoms with Gasteiger partial charge in [0.25, 0.3) is 0 Å². The molecule has 0 aliphatic carbocycles. The van der Waals surface area contributed by atoms with Crippen molar-refractivity contribution in [3.05, 3.63) is 0 Å². The van der Waals surface area contributed by atoms with Crippen LogP contribution in [-0.2, 0) is 33.4 Å². The van der Waals surface area contributed by atoms with Crippen LogP contribution in [0.5, 0.6) is 0 Å². The summed E-state index contributed by atoms with van der Waals surface area (Å²) in [4.78, 5) is 69.0. The molecule has 14 nitrogen and oxygen atoms in total. The molecule has 48 heavy (non-hydrogen) atoms. The minimum absolute atomic E-state index is 0.00865. The van der Waals surface area contributed by atoms with Gasteiger partial charge in [0, 0.05) is 38.9 Å². The number of carboxylic acid groups (broad SMARTS) is 2. The van der Waals surface area contributed by atoms with Crippen molar-refractivity contribution in [1.29, 1.82) is 0 Å². The summed E-state index contributed by atoms with van der Waals surface area (Å²) < 4.78 is 10.3. The molecular formula is C34H62N4O10. The molecule has 0 aliphatic rings. The van der Waals surface area contributed by atoms with Gasteiger partial charge in [-0.1, -0.05) is 77.0 Å². The first-order chi connectivity index (χ1) is 23.1. The van der Waals surface area contributed by atoms with Crippen LogP contribution < -0.4 is 21.3 Å². The monoisotopic (exact) mass is 686 g/mol. The number of rotatable bonds is 34. The van der Waals surface area contributed by atoms with E-state index in [2.05, 4.69) is 21.3 Å². The highest BCUT2D eigenvalue weighted by Crippen LogP contribution is 2.14. The zero-order valence-electron chi connectivity index (χ0n) is 29.1. The van der Waals surface area contributed by atoms with Crippen molar-refractivity contribution in [3.63, 3.8) is 0 Å². The van der Waals surface area contributed by atoms with Crippen LogP contribution in [-0.4, -0.2) is 97.9 Å². The van der Waals surface area contributed by atoms with E-state index in [-0.39, 0.29) is 55.9 Å². The van der Waals surface area contributed by atoms with E-state index in [1.807, 2.05) is 0 Å². The van der Waals surface area contributed by atoms with E-state index in [1.165, 1.54) is 51.9 Å². The molecule has 1 atom stereocenters. The molecule has 0 fully saturated rings. The van der Waals surface area contributed by atoms with E-state index >= 15 is 0 Å². The average molecular weight is 687 g/mol. The van der Waals surface area contributed by atoms with Crippen molar-refractivity contribution >= 4 is 35.6 Å². The highest BCUT2D eigenvalue weighted by atomic mass is 16.5. The first-order valence-corrected chi connectivity index (χ1v) is 17.8. The molecule has 0 aromatic heterocycles. The molecule has 0 heterocycles. The zero-order valence-corrected chi connectivity index (χ0v) is 29.1. The third-order valence-electron chi connectivity index (χ3n) is 7.51. The van der Waals surface area contributed by atoms with Crippen LogP contribution in [0.2, 0.25) is 0 Å². The van der Waals surface area contributed by atoms with E-state index in [4.69, 9.17) is 14.6 Å². The summed E-state index contributed by atoms with van der Waals surface area (Å²) in [5.41, 5.74) is 0. The van der Waals surface area contributed by atoms with E-state index in [0.717, 1.165) is 38.5 Å². The fraction of sp³-hybridized carbons (Fsp3) is 0.824. The molecule has 0 bridgehead atoms. The van der Waals surface area contributed by atoms with Gasteiger partial charge in [0.2, 0.25) is 11.8 Å². The smallest absolute Gasteiger partial charge is 0.326 e. The van der Waals surface area contributed by atoms with Gasteiger partial charge < -0.3 is 41.0 Å². The number of ketones is 1. The standard InChI is InChI=1S/C34H62N4O10/c1-28(39)27-48-26-25-47-24-23-37-34(46)36-22-16-21-35-30(40)20-19-29(33(44)45)38-31(41)17-14-12-10-8-6-4-2-3-5-7-9-11-13-15-18-32(42)43/h29H,2-27H2,1H3,(H,35,40)(H,38,41)(H,42,43)(H,44,45)(H2,36,37,46)/t29-/m0/s1. The maximum Gasteiger partial charge on any atom is 0.326 e. The Kier molecular flexibility index (Phi) is 30.1. The van der Waals surface area contributed by atoms with Gasteiger partial charge in [-0.15, -0.1) is 0 Å². The predicted molar refractivity (Wildman–Crippen MR) is 182 cm³/mol. The molecule has 0 unspecified atom stereocenters. The Balaban J connectivity index is 3.70. The van der Waals surface area contributed by atoms with E-state index in [9.17, 15) is 33.9 Å². The number of carbonyl (C=O) groups excluding carboxylic acids is 4. The largest absolute Gasteiger partial charge is 0.481 e. The Hall–Kier alpha value is -3.26. The third-order valence-corrected chi connectivity index (χ3v) is 7.51. The first kappa shape index (κ1) is 44.7. The lowest BCUT2D eigenvalue weighted by Gasteiger charge is -2.14. The summed E-state index contributed by atoms with van der Waals surface area (Å²) in [6, 6.07) is -1.49. The fourth-order valence-electron chi connectivity index (χ4n) is 4.82. The van der Waals surface area contributed by atoms with E-state index in [0.29, 0.717) is 52.3 Å². The maximum atomic E-state index is 12.3. The quantitative estimate of drug-likeness (QED) is 0.0534.